The topological polar surface area (TPSA) is 33.6 Å². The molecule has 76 valence electrons. The maximum atomic E-state index is 11.6. The lowest BCUT2D eigenvalue weighted by Gasteiger charge is -2.05. The zero-order valence-corrected chi connectivity index (χ0v) is 7.95. The van der Waals surface area contributed by atoms with Crippen LogP contribution < -0.4 is 5.32 Å². The van der Waals surface area contributed by atoms with Gasteiger partial charge in [-0.3, -0.25) is 4.99 Å². The van der Waals surface area contributed by atoms with Gasteiger partial charge in [0.25, 0.3) is 6.43 Å². The second-order valence-electron chi connectivity index (χ2n) is 2.43. The number of thioether (sulfide) groups is 1. The van der Waals surface area contributed by atoms with Gasteiger partial charge >= 0.3 is 0 Å². The van der Waals surface area contributed by atoms with Crippen molar-refractivity contribution in [3.63, 3.8) is 0 Å². The van der Waals surface area contributed by atoms with Crippen LogP contribution in [0.5, 0.6) is 0 Å². The van der Waals surface area contributed by atoms with Gasteiger partial charge in [0.2, 0.25) is 0 Å². The Kier molecular flexibility index (Phi) is 5.07. The van der Waals surface area contributed by atoms with Crippen molar-refractivity contribution >= 4 is 16.9 Å². The summed E-state index contributed by atoms with van der Waals surface area (Å²) in [5.74, 6) is 1.00. The molecule has 0 saturated heterocycles. The molecule has 0 amide bonds. The van der Waals surface area contributed by atoms with Gasteiger partial charge in [0, 0.05) is 12.3 Å². The number of aliphatic imine (C=N–C) groups is 1. The quantitative estimate of drug-likeness (QED) is 0.686. The van der Waals surface area contributed by atoms with Crippen LogP contribution in [0.2, 0.25) is 0 Å². The minimum Gasteiger partial charge on any atom is -0.374 e. The number of nitrogens with zero attached hydrogens (tertiary/aromatic N) is 1. The van der Waals surface area contributed by atoms with Gasteiger partial charge in [-0.25, -0.2) is 8.78 Å². The van der Waals surface area contributed by atoms with Gasteiger partial charge in [0.1, 0.15) is 6.61 Å². The highest BCUT2D eigenvalue weighted by Crippen LogP contribution is 2.08. The van der Waals surface area contributed by atoms with E-state index >= 15 is 0 Å². The fourth-order valence-corrected chi connectivity index (χ4v) is 1.61. The smallest absolute Gasteiger partial charge is 0.261 e. The van der Waals surface area contributed by atoms with Gasteiger partial charge in [0.15, 0.2) is 5.17 Å². The first-order chi connectivity index (χ1) is 6.29. The normalized spacial score (nSPS) is 16.4. The van der Waals surface area contributed by atoms with Crippen molar-refractivity contribution in [2.24, 2.45) is 4.99 Å². The zero-order valence-electron chi connectivity index (χ0n) is 7.13. The largest absolute Gasteiger partial charge is 0.374 e. The highest BCUT2D eigenvalue weighted by molar-refractivity contribution is 8.14. The summed E-state index contributed by atoms with van der Waals surface area (Å²) in [6, 6.07) is 0. The van der Waals surface area contributed by atoms with E-state index in [-0.39, 0.29) is 0 Å². The van der Waals surface area contributed by atoms with Crippen molar-refractivity contribution in [3.8, 4) is 0 Å². The molecule has 0 fully saturated rings. The molecule has 1 N–H and O–H groups in total. The highest BCUT2D eigenvalue weighted by atomic mass is 32.2. The van der Waals surface area contributed by atoms with E-state index in [1.165, 1.54) is 0 Å². The molecule has 0 saturated carbocycles. The number of ether oxygens (including phenoxy) is 1. The van der Waals surface area contributed by atoms with Crippen molar-refractivity contribution in [1.82, 2.24) is 5.32 Å². The van der Waals surface area contributed by atoms with E-state index in [0.717, 1.165) is 17.5 Å². The second kappa shape index (κ2) is 6.15. The summed E-state index contributed by atoms with van der Waals surface area (Å²) in [6.45, 7) is 1.19. The Hall–Kier alpha value is -0.360. The molecule has 0 atom stereocenters. The van der Waals surface area contributed by atoms with Gasteiger partial charge in [-0.2, -0.15) is 0 Å². The molecule has 1 heterocycles. The Bertz CT molecular complexity index is 178. The SMILES string of the molecule is FC(F)COCCNC1=NCCS1. The molecule has 0 aromatic rings. The van der Waals surface area contributed by atoms with E-state index in [1.54, 1.807) is 11.8 Å². The van der Waals surface area contributed by atoms with Crippen LogP contribution >= 0.6 is 11.8 Å². The maximum absolute atomic E-state index is 11.6. The molecule has 0 radical (unpaired) electrons. The molecule has 6 heteroatoms. The monoisotopic (exact) mass is 210 g/mol. The molecule has 0 spiro atoms. The standard InChI is InChI=1S/C7H12F2N2OS/c8-6(9)5-12-3-1-10-7-11-2-4-13-7/h6H,1-5H2,(H,10,11). The second-order valence-corrected chi connectivity index (χ2v) is 3.51. The van der Waals surface area contributed by atoms with Crippen LogP contribution in [0.15, 0.2) is 4.99 Å². The molecule has 1 rings (SSSR count). The van der Waals surface area contributed by atoms with E-state index < -0.39 is 13.0 Å². The third-order valence-corrected chi connectivity index (χ3v) is 2.29. The Morgan fingerprint density at radius 3 is 3.08 bits per heavy atom. The van der Waals surface area contributed by atoms with Gasteiger partial charge in [-0.15, -0.1) is 0 Å². The van der Waals surface area contributed by atoms with Crippen molar-refractivity contribution in [3.05, 3.63) is 0 Å². The summed E-state index contributed by atoms with van der Waals surface area (Å²) in [5, 5.41) is 3.89. The Labute approximate surface area is 79.9 Å². The molecule has 13 heavy (non-hydrogen) atoms. The van der Waals surface area contributed by atoms with Crippen LogP contribution in [0.1, 0.15) is 0 Å². The predicted octanol–water partition coefficient (Wildman–Crippen LogP) is 0.960. The number of amidine groups is 1. The molecule has 0 aliphatic carbocycles. The minimum atomic E-state index is -2.38. The number of hydrogen-bond acceptors (Lipinski definition) is 4. The predicted molar refractivity (Wildman–Crippen MR) is 49.6 cm³/mol. The average Bonchev–Trinajstić information content (AvgIpc) is 2.55. The Morgan fingerprint density at radius 1 is 1.62 bits per heavy atom. The summed E-state index contributed by atoms with van der Waals surface area (Å²) >= 11 is 1.64. The molecular weight excluding hydrogens is 198 g/mol. The van der Waals surface area contributed by atoms with Crippen LogP contribution in [0.25, 0.3) is 0 Å². The molecule has 1 aliphatic heterocycles. The summed E-state index contributed by atoms with van der Waals surface area (Å²) in [7, 11) is 0. The van der Waals surface area contributed by atoms with Crippen LogP contribution in [-0.4, -0.2) is 43.6 Å². The lowest BCUT2D eigenvalue weighted by molar-refractivity contribution is 0.0197. The number of halogens is 2. The van der Waals surface area contributed by atoms with Crippen LogP contribution in [0.3, 0.4) is 0 Å². The molecule has 0 aromatic heterocycles. The summed E-state index contributed by atoms with van der Waals surface area (Å²) in [5.41, 5.74) is 0. The maximum Gasteiger partial charge on any atom is 0.261 e. The first kappa shape index (κ1) is 10.7. The fraction of sp³-hybridized carbons (Fsp3) is 0.857. The van der Waals surface area contributed by atoms with Gasteiger partial charge < -0.3 is 10.1 Å². The van der Waals surface area contributed by atoms with E-state index in [1.807, 2.05) is 0 Å². The summed E-state index contributed by atoms with van der Waals surface area (Å²) in [6.07, 6.45) is -2.38. The van der Waals surface area contributed by atoms with E-state index in [9.17, 15) is 8.78 Å². The molecular formula is C7H12F2N2OS. The summed E-state index contributed by atoms with van der Waals surface area (Å²) < 4.78 is 27.9. The Morgan fingerprint density at radius 2 is 2.46 bits per heavy atom. The van der Waals surface area contributed by atoms with Crippen LogP contribution in [-0.2, 0) is 4.74 Å². The van der Waals surface area contributed by atoms with Crippen LogP contribution in [0.4, 0.5) is 8.78 Å². The number of hydrogen-bond donors (Lipinski definition) is 1. The molecule has 0 aromatic carbocycles. The first-order valence-electron chi connectivity index (χ1n) is 4.06. The first-order valence-corrected chi connectivity index (χ1v) is 5.04. The molecule has 0 bridgehead atoms. The Balaban J connectivity index is 1.89. The third kappa shape index (κ3) is 5.05. The number of nitrogens with one attached hydrogen (secondary N) is 1. The van der Waals surface area contributed by atoms with Gasteiger partial charge in [0.05, 0.1) is 13.2 Å². The van der Waals surface area contributed by atoms with E-state index in [4.69, 9.17) is 0 Å². The van der Waals surface area contributed by atoms with Crippen molar-refractivity contribution in [2.75, 3.05) is 32.1 Å². The molecule has 0 unspecified atom stereocenters. The minimum absolute atomic E-state index is 0.296. The van der Waals surface area contributed by atoms with Crippen molar-refractivity contribution in [1.29, 1.82) is 0 Å². The van der Waals surface area contributed by atoms with Crippen molar-refractivity contribution < 1.29 is 13.5 Å². The zero-order chi connectivity index (χ0) is 9.52. The average molecular weight is 210 g/mol. The summed E-state index contributed by atoms with van der Waals surface area (Å²) in [4.78, 5) is 4.13. The third-order valence-electron chi connectivity index (χ3n) is 1.35. The highest BCUT2D eigenvalue weighted by Gasteiger charge is 2.05. The number of alkyl halides is 2. The fourth-order valence-electron chi connectivity index (χ4n) is 0.845. The number of rotatable bonds is 5. The lowest BCUT2D eigenvalue weighted by Crippen LogP contribution is -2.24. The van der Waals surface area contributed by atoms with Crippen molar-refractivity contribution in [2.45, 2.75) is 6.43 Å². The van der Waals surface area contributed by atoms with E-state index in [2.05, 4.69) is 15.0 Å². The molecule has 1 aliphatic rings. The lowest BCUT2D eigenvalue weighted by atomic mass is 10.6. The van der Waals surface area contributed by atoms with Crippen LogP contribution in [0, 0.1) is 0 Å². The molecule has 3 nitrogen and oxygen atoms in total. The van der Waals surface area contributed by atoms with Gasteiger partial charge in [-0.05, 0) is 0 Å². The van der Waals surface area contributed by atoms with Gasteiger partial charge in [-0.1, -0.05) is 11.8 Å². The van der Waals surface area contributed by atoms with E-state index in [0.29, 0.717) is 13.2 Å².